The Balaban J connectivity index is 1.59. The fraction of sp³-hybridized carbons (Fsp3) is 0.263. The normalized spacial score (nSPS) is 17.0. The molecular weight excluding hydrogens is 326 g/mol. The Kier molecular flexibility index (Phi) is 5.07. The zero-order valence-electron chi connectivity index (χ0n) is 13.5. The van der Waals surface area contributed by atoms with Crippen LogP contribution >= 0.6 is 0 Å². The van der Waals surface area contributed by atoms with Crippen LogP contribution in [0.25, 0.3) is 0 Å². The van der Waals surface area contributed by atoms with Gasteiger partial charge in [-0.1, -0.05) is 36.4 Å². The number of amides is 2. The van der Waals surface area contributed by atoms with E-state index < -0.39 is 29.1 Å². The lowest BCUT2D eigenvalue weighted by molar-refractivity contribution is -0.128. The molecule has 1 atom stereocenters. The number of hydrogen-bond acceptors (Lipinski definition) is 2. The maximum absolute atomic E-state index is 13.6. The van der Waals surface area contributed by atoms with Crippen molar-refractivity contribution >= 4 is 17.5 Å². The van der Waals surface area contributed by atoms with Gasteiger partial charge in [-0.15, -0.1) is 0 Å². The average molecular weight is 344 g/mol. The third kappa shape index (κ3) is 4.02. The summed E-state index contributed by atoms with van der Waals surface area (Å²) in [7, 11) is 0. The highest BCUT2D eigenvalue weighted by atomic mass is 19.1. The minimum absolute atomic E-state index is 0.0523. The Bertz CT molecular complexity index is 760. The molecule has 0 bridgehead atoms. The molecule has 0 saturated carbocycles. The van der Waals surface area contributed by atoms with Gasteiger partial charge >= 0.3 is 0 Å². The summed E-state index contributed by atoms with van der Waals surface area (Å²) >= 11 is 0. The summed E-state index contributed by atoms with van der Waals surface area (Å²) in [6.07, 6.45) is 0.750. The van der Waals surface area contributed by atoms with Crippen LogP contribution in [-0.4, -0.2) is 29.8 Å². The van der Waals surface area contributed by atoms with E-state index in [1.54, 1.807) is 4.90 Å². The minimum Gasteiger partial charge on any atom is -0.342 e. The van der Waals surface area contributed by atoms with Crippen LogP contribution in [0.5, 0.6) is 0 Å². The number of likely N-dealkylation sites (tertiary alicyclic amines) is 1. The molecule has 0 aromatic heterocycles. The molecule has 1 N–H and O–H groups in total. The van der Waals surface area contributed by atoms with Gasteiger partial charge in [-0.25, -0.2) is 8.78 Å². The predicted octanol–water partition coefficient (Wildman–Crippen LogP) is 2.99. The van der Waals surface area contributed by atoms with E-state index in [0.29, 0.717) is 13.0 Å². The molecule has 0 radical (unpaired) electrons. The first-order valence-corrected chi connectivity index (χ1v) is 8.11. The first kappa shape index (κ1) is 17.1. The van der Waals surface area contributed by atoms with Crippen molar-refractivity contribution in [2.75, 3.05) is 18.4 Å². The second kappa shape index (κ2) is 7.42. The average Bonchev–Trinajstić information content (AvgIpc) is 2.98. The van der Waals surface area contributed by atoms with E-state index in [1.165, 1.54) is 6.07 Å². The summed E-state index contributed by atoms with van der Waals surface area (Å²) in [5, 5.41) is 2.27. The van der Waals surface area contributed by atoms with Crippen LogP contribution < -0.4 is 5.32 Å². The number of carbonyl (C=O) groups excluding carboxylic acids is 2. The van der Waals surface area contributed by atoms with Crippen molar-refractivity contribution in [3.63, 3.8) is 0 Å². The lowest BCUT2D eigenvalue weighted by Gasteiger charge is -2.16. The van der Waals surface area contributed by atoms with Gasteiger partial charge in [0.1, 0.15) is 17.3 Å². The molecule has 1 aliphatic rings. The topological polar surface area (TPSA) is 49.4 Å². The van der Waals surface area contributed by atoms with Crippen molar-refractivity contribution in [1.82, 2.24) is 4.90 Å². The van der Waals surface area contributed by atoms with E-state index in [1.807, 2.05) is 30.3 Å². The number of anilines is 1. The molecule has 6 heteroatoms. The summed E-state index contributed by atoms with van der Waals surface area (Å²) in [5.41, 5.74) is 0.638. The summed E-state index contributed by atoms with van der Waals surface area (Å²) in [5.74, 6) is -2.94. The van der Waals surface area contributed by atoms with Gasteiger partial charge in [-0.2, -0.15) is 0 Å². The second-order valence-corrected chi connectivity index (χ2v) is 6.06. The SMILES string of the molecule is O=C(Nc1c(F)cccc1F)C1CC(=O)N(CCc2ccccc2)C1. The van der Waals surface area contributed by atoms with Crippen LogP contribution in [0.4, 0.5) is 14.5 Å². The van der Waals surface area contributed by atoms with Crippen molar-refractivity contribution in [3.05, 3.63) is 65.7 Å². The largest absolute Gasteiger partial charge is 0.342 e. The molecule has 0 aliphatic carbocycles. The smallest absolute Gasteiger partial charge is 0.229 e. The van der Waals surface area contributed by atoms with E-state index in [2.05, 4.69) is 5.32 Å². The molecule has 1 saturated heterocycles. The van der Waals surface area contributed by atoms with Crippen molar-refractivity contribution in [3.8, 4) is 0 Å². The van der Waals surface area contributed by atoms with Gasteiger partial charge in [0.15, 0.2) is 0 Å². The number of hydrogen-bond donors (Lipinski definition) is 1. The van der Waals surface area contributed by atoms with Gasteiger partial charge in [-0.05, 0) is 24.1 Å². The van der Waals surface area contributed by atoms with Crippen LogP contribution in [0.2, 0.25) is 0 Å². The van der Waals surface area contributed by atoms with E-state index in [0.717, 1.165) is 17.7 Å². The third-order valence-corrected chi connectivity index (χ3v) is 4.31. The Labute approximate surface area is 144 Å². The summed E-state index contributed by atoms with van der Waals surface area (Å²) in [6, 6.07) is 13.1. The summed E-state index contributed by atoms with van der Waals surface area (Å²) in [4.78, 5) is 26.0. The van der Waals surface area contributed by atoms with E-state index in [-0.39, 0.29) is 18.9 Å². The second-order valence-electron chi connectivity index (χ2n) is 6.06. The van der Waals surface area contributed by atoms with Gasteiger partial charge in [0.05, 0.1) is 5.92 Å². The van der Waals surface area contributed by atoms with Gasteiger partial charge in [0.2, 0.25) is 11.8 Å². The first-order valence-electron chi connectivity index (χ1n) is 8.11. The fourth-order valence-electron chi connectivity index (χ4n) is 2.92. The highest BCUT2D eigenvalue weighted by Gasteiger charge is 2.34. The Hall–Kier alpha value is -2.76. The molecule has 0 spiro atoms. The quantitative estimate of drug-likeness (QED) is 0.906. The number of nitrogens with one attached hydrogen (secondary N) is 1. The number of para-hydroxylation sites is 1. The molecule has 1 unspecified atom stereocenters. The van der Waals surface area contributed by atoms with Gasteiger partial charge in [-0.3, -0.25) is 9.59 Å². The fourth-order valence-corrected chi connectivity index (χ4v) is 2.92. The number of benzene rings is 2. The van der Waals surface area contributed by atoms with E-state index in [9.17, 15) is 18.4 Å². The van der Waals surface area contributed by atoms with Gasteiger partial charge in [0, 0.05) is 19.5 Å². The van der Waals surface area contributed by atoms with Crippen LogP contribution in [0.3, 0.4) is 0 Å². The van der Waals surface area contributed by atoms with Crippen molar-refractivity contribution in [2.45, 2.75) is 12.8 Å². The predicted molar refractivity (Wildman–Crippen MR) is 89.8 cm³/mol. The first-order chi connectivity index (χ1) is 12.0. The molecule has 4 nitrogen and oxygen atoms in total. The zero-order chi connectivity index (χ0) is 17.8. The number of nitrogens with zero attached hydrogens (tertiary/aromatic N) is 1. The summed E-state index contributed by atoms with van der Waals surface area (Å²) in [6.45, 7) is 0.772. The Morgan fingerprint density at radius 3 is 2.44 bits per heavy atom. The minimum atomic E-state index is -0.835. The highest BCUT2D eigenvalue weighted by Crippen LogP contribution is 2.23. The zero-order valence-corrected chi connectivity index (χ0v) is 13.5. The molecule has 2 amide bonds. The maximum Gasteiger partial charge on any atom is 0.229 e. The molecule has 2 aromatic rings. The molecule has 2 aromatic carbocycles. The molecule has 25 heavy (non-hydrogen) atoms. The molecule has 1 heterocycles. The van der Waals surface area contributed by atoms with Crippen LogP contribution in [-0.2, 0) is 16.0 Å². The van der Waals surface area contributed by atoms with Crippen molar-refractivity contribution in [2.24, 2.45) is 5.92 Å². The monoisotopic (exact) mass is 344 g/mol. The number of carbonyl (C=O) groups is 2. The molecular formula is C19H18F2N2O2. The lowest BCUT2D eigenvalue weighted by Crippen LogP contribution is -2.30. The third-order valence-electron chi connectivity index (χ3n) is 4.31. The standard InChI is InChI=1S/C19H18F2N2O2/c20-15-7-4-8-16(21)18(15)22-19(25)14-11-17(24)23(12-14)10-9-13-5-2-1-3-6-13/h1-8,14H,9-12H2,(H,22,25). The molecule has 3 rings (SSSR count). The molecule has 130 valence electrons. The number of rotatable bonds is 5. The maximum atomic E-state index is 13.6. The van der Waals surface area contributed by atoms with Gasteiger partial charge in [0.25, 0.3) is 0 Å². The summed E-state index contributed by atoms with van der Waals surface area (Å²) < 4.78 is 27.3. The van der Waals surface area contributed by atoms with Gasteiger partial charge < -0.3 is 10.2 Å². The Morgan fingerprint density at radius 1 is 1.08 bits per heavy atom. The number of halogens is 2. The molecule has 1 fully saturated rings. The molecule has 1 aliphatic heterocycles. The Morgan fingerprint density at radius 2 is 1.76 bits per heavy atom. The van der Waals surface area contributed by atoms with Crippen LogP contribution in [0, 0.1) is 17.6 Å². The lowest BCUT2D eigenvalue weighted by atomic mass is 10.1. The highest BCUT2D eigenvalue weighted by molar-refractivity contribution is 5.97. The van der Waals surface area contributed by atoms with Crippen molar-refractivity contribution < 1.29 is 18.4 Å². The van der Waals surface area contributed by atoms with E-state index >= 15 is 0 Å². The van der Waals surface area contributed by atoms with Crippen molar-refractivity contribution in [1.29, 1.82) is 0 Å². The van der Waals surface area contributed by atoms with Crippen LogP contribution in [0.1, 0.15) is 12.0 Å². The van der Waals surface area contributed by atoms with Crippen LogP contribution in [0.15, 0.2) is 48.5 Å². The van der Waals surface area contributed by atoms with E-state index in [4.69, 9.17) is 0 Å².